The van der Waals surface area contributed by atoms with E-state index in [1.807, 2.05) is 0 Å². The Labute approximate surface area is 166 Å². The lowest BCUT2D eigenvalue weighted by molar-refractivity contribution is -0.0212. The van der Waals surface area contributed by atoms with E-state index >= 15 is 0 Å². The summed E-state index contributed by atoms with van der Waals surface area (Å²) in [6, 6.07) is 9.30. The highest BCUT2D eigenvalue weighted by Crippen LogP contribution is 2.28. The van der Waals surface area contributed by atoms with Gasteiger partial charge in [-0.3, -0.25) is 4.90 Å². The Kier molecular flexibility index (Phi) is 6.46. The highest BCUT2D eigenvalue weighted by atomic mass is 19.1. The van der Waals surface area contributed by atoms with E-state index < -0.39 is 17.2 Å². The maximum absolute atomic E-state index is 14.6. The molecule has 0 spiro atoms. The molecule has 3 aromatic rings. The van der Waals surface area contributed by atoms with Gasteiger partial charge in [0.2, 0.25) is 0 Å². The molecular formula is C21H21F3N4O. The van der Waals surface area contributed by atoms with Crippen LogP contribution in [-0.2, 0) is 18.7 Å². The molecule has 0 saturated carbocycles. The van der Waals surface area contributed by atoms with Crippen LogP contribution >= 0.6 is 0 Å². The summed E-state index contributed by atoms with van der Waals surface area (Å²) in [5, 5.41) is 15.4. The molecule has 0 aliphatic heterocycles. The zero-order valence-electron chi connectivity index (χ0n) is 15.7. The predicted molar refractivity (Wildman–Crippen MR) is 102 cm³/mol. The number of halogens is 3. The van der Waals surface area contributed by atoms with Crippen LogP contribution in [0.15, 0.2) is 67.8 Å². The van der Waals surface area contributed by atoms with Crippen LogP contribution in [0.1, 0.15) is 11.1 Å². The molecule has 8 heteroatoms. The van der Waals surface area contributed by atoms with Crippen molar-refractivity contribution in [2.24, 2.45) is 0 Å². The summed E-state index contributed by atoms with van der Waals surface area (Å²) in [5.41, 5.74) is -1.44. The van der Waals surface area contributed by atoms with Gasteiger partial charge in [0.15, 0.2) is 0 Å². The fourth-order valence-electron chi connectivity index (χ4n) is 3.27. The summed E-state index contributed by atoms with van der Waals surface area (Å²) in [6.45, 7) is 3.99. The molecule has 0 unspecified atom stereocenters. The topological polar surface area (TPSA) is 54.2 Å². The molecule has 0 fully saturated rings. The third-order valence-corrected chi connectivity index (χ3v) is 4.55. The highest BCUT2D eigenvalue weighted by molar-refractivity contribution is 5.26. The van der Waals surface area contributed by atoms with Gasteiger partial charge in [-0.25, -0.2) is 22.8 Å². The van der Waals surface area contributed by atoms with Gasteiger partial charge in [0.1, 0.15) is 35.7 Å². The monoisotopic (exact) mass is 402 g/mol. The first-order chi connectivity index (χ1) is 13.9. The van der Waals surface area contributed by atoms with Crippen LogP contribution in [0, 0.1) is 17.5 Å². The van der Waals surface area contributed by atoms with E-state index in [-0.39, 0.29) is 31.0 Å². The Morgan fingerprint density at radius 2 is 1.93 bits per heavy atom. The van der Waals surface area contributed by atoms with Crippen molar-refractivity contribution in [2.75, 3.05) is 13.1 Å². The molecule has 1 aromatic heterocycles. The molecule has 5 nitrogen and oxygen atoms in total. The zero-order valence-corrected chi connectivity index (χ0v) is 15.7. The quantitative estimate of drug-likeness (QED) is 0.558. The summed E-state index contributed by atoms with van der Waals surface area (Å²) in [4.78, 5) is 5.57. The average molecular weight is 402 g/mol. The van der Waals surface area contributed by atoms with Crippen LogP contribution in [0.4, 0.5) is 13.2 Å². The van der Waals surface area contributed by atoms with Crippen molar-refractivity contribution < 1.29 is 18.3 Å². The number of nitrogens with zero attached hydrogens (tertiary/aromatic N) is 4. The minimum Gasteiger partial charge on any atom is -0.382 e. The number of hydrogen-bond donors (Lipinski definition) is 1. The Balaban J connectivity index is 1.95. The first-order valence-corrected chi connectivity index (χ1v) is 8.98. The number of aliphatic hydroxyl groups is 1. The summed E-state index contributed by atoms with van der Waals surface area (Å²) in [7, 11) is 0. The molecule has 0 aliphatic carbocycles. The van der Waals surface area contributed by atoms with Gasteiger partial charge in [-0.05, 0) is 12.1 Å². The van der Waals surface area contributed by atoms with Gasteiger partial charge in [0.05, 0.1) is 6.54 Å². The second kappa shape index (κ2) is 9.02. The standard InChI is InChI=1S/C21H21F3N4O/c1-2-9-27(11-16-5-3-4-6-19(16)23)12-21(29,13-28-15-25-14-26-28)18-8-7-17(22)10-20(18)24/h2-8,10,14-15,29H,1,9,11-13H2/t21-/m0/s1. The molecule has 0 saturated heterocycles. The summed E-state index contributed by atoms with van der Waals surface area (Å²) < 4.78 is 43.5. The third kappa shape index (κ3) is 5.10. The second-order valence-corrected chi connectivity index (χ2v) is 6.80. The van der Waals surface area contributed by atoms with Gasteiger partial charge >= 0.3 is 0 Å². The lowest BCUT2D eigenvalue weighted by atomic mass is 9.92. The van der Waals surface area contributed by atoms with Crippen LogP contribution in [-0.4, -0.2) is 37.9 Å². The highest BCUT2D eigenvalue weighted by Gasteiger charge is 2.35. The van der Waals surface area contributed by atoms with Crippen molar-refractivity contribution in [1.82, 2.24) is 19.7 Å². The summed E-state index contributed by atoms with van der Waals surface area (Å²) >= 11 is 0. The molecule has 2 aromatic carbocycles. The van der Waals surface area contributed by atoms with Gasteiger partial charge in [0.25, 0.3) is 0 Å². The smallest absolute Gasteiger partial charge is 0.137 e. The first-order valence-electron chi connectivity index (χ1n) is 8.98. The van der Waals surface area contributed by atoms with E-state index in [1.54, 1.807) is 29.2 Å². The third-order valence-electron chi connectivity index (χ3n) is 4.55. The molecular weight excluding hydrogens is 381 g/mol. The molecule has 1 heterocycles. The van der Waals surface area contributed by atoms with E-state index in [0.717, 1.165) is 12.1 Å². The van der Waals surface area contributed by atoms with Crippen LogP contribution in [0.25, 0.3) is 0 Å². The van der Waals surface area contributed by atoms with Crippen molar-refractivity contribution in [2.45, 2.75) is 18.7 Å². The summed E-state index contributed by atoms with van der Waals surface area (Å²) in [5.74, 6) is -2.00. The zero-order chi connectivity index (χ0) is 20.9. The van der Waals surface area contributed by atoms with E-state index in [9.17, 15) is 18.3 Å². The molecule has 0 amide bonds. The number of hydrogen-bond acceptors (Lipinski definition) is 4. The molecule has 0 bridgehead atoms. The lowest BCUT2D eigenvalue weighted by Crippen LogP contribution is -2.44. The lowest BCUT2D eigenvalue weighted by Gasteiger charge is -2.34. The Morgan fingerprint density at radius 3 is 2.59 bits per heavy atom. The fourth-order valence-corrected chi connectivity index (χ4v) is 3.27. The molecule has 1 N–H and O–H groups in total. The largest absolute Gasteiger partial charge is 0.382 e. The van der Waals surface area contributed by atoms with E-state index in [4.69, 9.17) is 0 Å². The van der Waals surface area contributed by atoms with Crippen molar-refractivity contribution in [1.29, 1.82) is 0 Å². The SMILES string of the molecule is C=CCN(Cc1ccccc1F)C[C@](O)(Cn1cncn1)c1ccc(F)cc1F. The van der Waals surface area contributed by atoms with E-state index in [0.29, 0.717) is 12.1 Å². The Morgan fingerprint density at radius 1 is 1.14 bits per heavy atom. The maximum atomic E-state index is 14.6. The summed E-state index contributed by atoms with van der Waals surface area (Å²) in [6.07, 6.45) is 4.29. The van der Waals surface area contributed by atoms with Gasteiger partial charge in [-0.15, -0.1) is 6.58 Å². The van der Waals surface area contributed by atoms with Crippen molar-refractivity contribution in [3.8, 4) is 0 Å². The molecule has 0 aliphatic rings. The van der Waals surface area contributed by atoms with Crippen LogP contribution in [0.3, 0.4) is 0 Å². The molecule has 1 atom stereocenters. The Bertz CT molecular complexity index is 964. The van der Waals surface area contributed by atoms with Gasteiger partial charge in [-0.2, -0.15) is 5.10 Å². The minimum atomic E-state index is -1.78. The normalized spacial score (nSPS) is 13.4. The van der Waals surface area contributed by atoms with Crippen LogP contribution in [0.2, 0.25) is 0 Å². The number of aromatic nitrogens is 3. The first kappa shape index (κ1) is 20.8. The van der Waals surface area contributed by atoms with E-state index in [2.05, 4.69) is 16.7 Å². The van der Waals surface area contributed by atoms with Crippen LogP contribution in [0.5, 0.6) is 0 Å². The average Bonchev–Trinajstić information content (AvgIpc) is 3.16. The van der Waals surface area contributed by atoms with Gasteiger partial charge in [0, 0.05) is 36.8 Å². The van der Waals surface area contributed by atoms with Crippen molar-refractivity contribution in [3.05, 3.63) is 96.4 Å². The minimum absolute atomic E-state index is 0.0736. The Hall–Kier alpha value is -2.97. The molecule has 29 heavy (non-hydrogen) atoms. The van der Waals surface area contributed by atoms with Crippen LogP contribution < -0.4 is 0 Å². The van der Waals surface area contributed by atoms with Gasteiger partial charge in [-0.1, -0.05) is 30.3 Å². The number of rotatable bonds is 9. The molecule has 152 valence electrons. The molecule has 0 radical (unpaired) electrons. The second-order valence-electron chi connectivity index (χ2n) is 6.80. The molecule has 3 rings (SSSR count). The fraction of sp³-hybridized carbons (Fsp3) is 0.238. The maximum Gasteiger partial charge on any atom is 0.137 e. The van der Waals surface area contributed by atoms with E-state index in [1.165, 1.54) is 29.5 Å². The number of benzene rings is 2. The van der Waals surface area contributed by atoms with Crippen molar-refractivity contribution >= 4 is 0 Å². The predicted octanol–water partition coefficient (Wildman–Crippen LogP) is 3.27. The van der Waals surface area contributed by atoms with Gasteiger partial charge < -0.3 is 5.11 Å². The van der Waals surface area contributed by atoms with Crippen molar-refractivity contribution in [3.63, 3.8) is 0 Å².